The van der Waals surface area contributed by atoms with Crippen molar-refractivity contribution >= 4 is 17.5 Å². The highest BCUT2D eigenvalue weighted by atomic mass is 35.5. The van der Waals surface area contributed by atoms with Gasteiger partial charge in [0.25, 0.3) is 0 Å². The van der Waals surface area contributed by atoms with Crippen LogP contribution in [0.15, 0.2) is 48.5 Å². The molecule has 2 aromatic rings. The van der Waals surface area contributed by atoms with Crippen LogP contribution in [0.1, 0.15) is 16.7 Å². The smallest absolute Gasteiger partial charge is 0.355 e. The average Bonchev–Trinajstić information content (AvgIpc) is 2.49. The van der Waals surface area contributed by atoms with E-state index in [4.69, 9.17) is 11.6 Å². The molecule has 0 unspecified atom stereocenters. The highest BCUT2D eigenvalue weighted by Crippen LogP contribution is 2.29. The molecule has 0 saturated heterocycles. The lowest BCUT2D eigenvalue weighted by atomic mass is 10.1. The van der Waals surface area contributed by atoms with E-state index >= 15 is 0 Å². The van der Waals surface area contributed by atoms with Crippen LogP contribution in [0.25, 0.3) is 0 Å². The Morgan fingerprint density at radius 1 is 1.04 bits per heavy atom. The van der Waals surface area contributed by atoms with Crippen LogP contribution in [0.3, 0.4) is 0 Å². The number of carbonyl (C=O) groups is 1. The van der Waals surface area contributed by atoms with Crippen molar-refractivity contribution < 1.29 is 18.0 Å². The minimum absolute atomic E-state index is 0.173. The zero-order valence-electron chi connectivity index (χ0n) is 12.2. The Labute approximate surface area is 137 Å². The van der Waals surface area contributed by atoms with Gasteiger partial charge in [-0.15, -0.1) is 0 Å². The first kappa shape index (κ1) is 17.3. The number of nitrogens with one attached hydrogen (secondary N) is 1. The SMILES string of the molecule is O=C(Cc1ccccc1Cl)NCCc1ccc(C(F)(F)F)cc1. The molecule has 0 atom stereocenters. The van der Waals surface area contributed by atoms with Gasteiger partial charge in [-0.2, -0.15) is 13.2 Å². The number of rotatable bonds is 5. The molecule has 2 nitrogen and oxygen atoms in total. The summed E-state index contributed by atoms with van der Waals surface area (Å²) >= 11 is 5.98. The molecular weight excluding hydrogens is 327 g/mol. The minimum atomic E-state index is -4.33. The Kier molecular flexibility index (Phi) is 5.66. The Balaban J connectivity index is 1.81. The van der Waals surface area contributed by atoms with Crippen molar-refractivity contribution in [2.24, 2.45) is 0 Å². The van der Waals surface area contributed by atoms with Crippen molar-refractivity contribution in [1.29, 1.82) is 0 Å². The second-order valence-electron chi connectivity index (χ2n) is 5.06. The summed E-state index contributed by atoms with van der Waals surface area (Å²) in [6.45, 7) is 0.356. The van der Waals surface area contributed by atoms with Crippen LogP contribution in [0.2, 0.25) is 5.02 Å². The van der Waals surface area contributed by atoms with Crippen molar-refractivity contribution in [2.45, 2.75) is 19.0 Å². The topological polar surface area (TPSA) is 29.1 Å². The van der Waals surface area contributed by atoms with E-state index in [9.17, 15) is 18.0 Å². The molecule has 122 valence electrons. The summed E-state index contributed by atoms with van der Waals surface area (Å²) in [5, 5.41) is 3.26. The number of hydrogen-bond donors (Lipinski definition) is 1. The third kappa shape index (κ3) is 5.28. The summed E-state index contributed by atoms with van der Waals surface area (Å²) in [6, 6.07) is 12.0. The van der Waals surface area contributed by atoms with Gasteiger partial charge in [-0.1, -0.05) is 41.9 Å². The van der Waals surface area contributed by atoms with Crippen molar-refractivity contribution in [3.8, 4) is 0 Å². The largest absolute Gasteiger partial charge is 0.416 e. The Bertz CT molecular complexity index is 668. The van der Waals surface area contributed by atoms with Crippen LogP contribution in [-0.4, -0.2) is 12.5 Å². The fraction of sp³-hybridized carbons (Fsp3) is 0.235. The first-order valence-electron chi connectivity index (χ1n) is 7.02. The summed E-state index contributed by atoms with van der Waals surface area (Å²) in [6.07, 6.45) is -3.69. The van der Waals surface area contributed by atoms with Gasteiger partial charge in [-0.3, -0.25) is 4.79 Å². The van der Waals surface area contributed by atoms with Crippen molar-refractivity contribution in [3.63, 3.8) is 0 Å². The Morgan fingerprint density at radius 2 is 1.70 bits per heavy atom. The van der Waals surface area contributed by atoms with Crippen LogP contribution < -0.4 is 5.32 Å². The highest BCUT2D eigenvalue weighted by Gasteiger charge is 2.29. The maximum absolute atomic E-state index is 12.4. The molecule has 0 aliphatic carbocycles. The second kappa shape index (κ2) is 7.51. The van der Waals surface area contributed by atoms with Crippen molar-refractivity contribution in [3.05, 3.63) is 70.2 Å². The second-order valence-corrected chi connectivity index (χ2v) is 5.47. The molecule has 0 fully saturated rings. The zero-order chi connectivity index (χ0) is 16.9. The fourth-order valence-electron chi connectivity index (χ4n) is 2.08. The molecule has 23 heavy (non-hydrogen) atoms. The van der Waals surface area contributed by atoms with Crippen LogP contribution >= 0.6 is 11.6 Å². The summed E-state index contributed by atoms with van der Waals surface area (Å²) in [7, 11) is 0. The normalized spacial score (nSPS) is 11.3. The predicted molar refractivity (Wildman–Crippen MR) is 83.3 cm³/mol. The molecule has 0 aromatic heterocycles. The molecule has 0 radical (unpaired) electrons. The lowest BCUT2D eigenvalue weighted by Crippen LogP contribution is -2.27. The van der Waals surface area contributed by atoms with Gasteiger partial charge >= 0.3 is 6.18 Å². The fourth-order valence-corrected chi connectivity index (χ4v) is 2.29. The lowest BCUT2D eigenvalue weighted by molar-refractivity contribution is -0.137. The zero-order valence-corrected chi connectivity index (χ0v) is 12.9. The van der Waals surface area contributed by atoms with E-state index in [1.807, 2.05) is 0 Å². The average molecular weight is 342 g/mol. The van der Waals surface area contributed by atoms with Gasteiger partial charge < -0.3 is 5.32 Å². The maximum atomic E-state index is 12.4. The van der Waals surface area contributed by atoms with Gasteiger partial charge in [-0.05, 0) is 35.7 Å². The van der Waals surface area contributed by atoms with Crippen LogP contribution in [0.5, 0.6) is 0 Å². The van der Waals surface area contributed by atoms with Crippen LogP contribution in [0, 0.1) is 0 Å². The van der Waals surface area contributed by atoms with Gasteiger partial charge in [0, 0.05) is 11.6 Å². The summed E-state index contributed by atoms with van der Waals surface area (Å²) in [4.78, 5) is 11.8. The van der Waals surface area contributed by atoms with E-state index in [2.05, 4.69) is 5.32 Å². The van der Waals surface area contributed by atoms with E-state index in [1.54, 1.807) is 24.3 Å². The predicted octanol–water partition coefficient (Wildman–Crippen LogP) is 4.26. The summed E-state index contributed by atoms with van der Waals surface area (Å²) in [5.41, 5.74) is 0.793. The standard InChI is InChI=1S/C17H15ClF3NO/c18-15-4-2-1-3-13(15)11-16(23)22-10-9-12-5-7-14(8-6-12)17(19,20)21/h1-8H,9-11H2,(H,22,23). The number of benzene rings is 2. The summed E-state index contributed by atoms with van der Waals surface area (Å²) < 4.78 is 37.3. The van der Waals surface area contributed by atoms with Crippen molar-refractivity contribution in [1.82, 2.24) is 5.32 Å². The van der Waals surface area contributed by atoms with Gasteiger partial charge in [-0.25, -0.2) is 0 Å². The molecule has 0 aliphatic rings. The van der Waals surface area contributed by atoms with Gasteiger partial charge in [0.1, 0.15) is 0 Å². The number of halogens is 4. The van der Waals surface area contributed by atoms with E-state index in [1.165, 1.54) is 12.1 Å². The maximum Gasteiger partial charge on any atom is 0.416 e. The first-order valence-corrected chi connectivity index (χ1v) is 7.40. The molecule has 0 spiro atoms. The van der Waals surface area contributed by atoms with Crippen molar-refractivity contribution in [2.75, 3.05) is 6.54 Å². The van der Waals surface area contributed by atoms with Gasteiger partial charge in [0.2, 0.25) is 5.91 Å². The first-order chi connectivity index (χ1) is 10.9. The number of alkyl halides is 3. The van der Waals surface area contributed by atoms with Gasteiger partial charge in [0.15, 0.2) is 0 Å². The third-order valence-corrected chi connectivity index (χ3v) is 3.69. The molecular formula is C17H15ClF3NO. The van der Waals surface area contributed by atoms with E-state index in [0.717, 1.165) is 23.3 Å². The highest BCUT2D eigenvalue weighted by molar-refractivity contribution is 6.31. The van der Waals surface area contributed by atoms with E-state index in [-0.39, 0.29) is 12.3 Å². The van der Waals surface area contributed by atoms with Crippen LogP contribution in [-0.2, 0) is 23.8 Å². The number of amides is 1. The molecule has 2 rings (SSSR count). The molecule has 0 heterocycles. The molecule has 0 aliphatic heterocycles. The Hall–Kier alpha value is -2.01. The van der Waals surface area contributed by atoms with E-state index < -0.39 is 11.7 Å². The molecule has 1 N–H and O–H groups in total. The quantitative estimate of drug-likeness (QED) is 0.865. The number of carbonyl (C=O) groups excluding carboxylic acids is 1. The number of hydrogen-bond acceptors (Lipinski definition) is 1. The minimum Gasteiger partial charge on any atom is -0.355 e. The van der Waals surface area contributed by atoms with Gasteiger partial charge in [0.05, 0.1) is 12.0 Å². The summed E-state index contributed by atoms with van der Waals surface area (Å²) in [5.74, 6) is -0.176. The molecule has 0 bridgehead atoms. The molecule has 6 heteroatoms. The molecule has 1 amide bonds. The molecule has 2 aromatic carbocycles. The Morgan fingerprint density at radius 3 is 2.30 bits per heavy atom. The lowest BCUT2D eigenvalue weighted by Gasteiger charge is -2.09. The third-order valence-electron chi connectivity index (χ3n) is 3.33. The monoisotopic (exact) mass is 341 g/mol. The van der Waals surface area contributed by atoms with E-state index in [0.29, 0.717) is 18.0 Å². The van der Waals surface area contributed by atoms with Crippen LogP contribution in [0.4, 0.5) is 13.2 Å². The molecule has 0 saturated carbocycles.